The average Bonchev–Trinajstić information content (AvgIpc) is 2.92. The number of phenolic OH excluding ortho intramolecular Hbond substituents is 1. The Morgan fingerprint density at radius 3 is 2.21 bits per heavy atom. The highest BCUT2D eigenvalue weighted by molar-refractivity contribution is 7.98. The topological polar surface area (TPSA) is 182 Å². The highest BCUT2D eigenvalue weighted by atomic mass is 32.2. The molecule has 0 radical (unpaired) electrons. The van der Waals surface area contributed by atoms with Crippen LogP contribution in [0.1, 0.15) is 36.8 Å². The minimum absolute atomic E-state index is 0.000832. The molecule has 0 aromatic heterocycles. The zero-order valence-corrected chi connectivity index (χ0v) is 23.1. The van der Waals surface area contributed by atoms with Gasteiger partial charge in [0.2, 0.25) is 23.6 Å². The molecule has 8 N–H and O–H groups in total. The Labute approximate surface area is 233 Å². The van der Waals surface area contributed by atoms with Crippen molar-refractivity contribution < 1.29 is 24.3 Å². The van der Waals surface area contributed by atoms with Crippen molar-refractivity contribution in [2.24, 2.45) is 17.2 Å². The van der Waals surface area contributed by atoms with E-state index in [-0.39, 0.29) is 25.0 Å². The molecule has 11 heteroatoms. The van der Waals surface area contributed by atoms with Gasteiger partial charge >= 0.3 is 0 Å². The third kappa shape index (κ3) is 10.3. The minimum atomic E-state index is -1.26. The number of carbonyl (C=O) groups is 4. The first-order chi connectivity index (χ1) is 18.7. The molecule has 0 bridgehead atoms. The quantitative estimate of drug-likeness (QED) is 0.190. The van der Waals surface area contributed by atoms with Gasteiger partial charge in [0.05, 0.1) is 6.04 Å². The number of hydrogen-bond donors (Lipinski definition) is 5. The van der Waals surface area contributed by atoms with Crippen LogP contribution in [0.5, 0.6) is 5.75 Å². The number of thioether (sulfide) groups is 1. The summed E-state index contributed by atoms with van der Waals surface area (Å²) >= 11 is 1.50. The SMILES string of the molecule is CSCCC(NC(=O)C(Cc1ccccc1)N(C(=O)CCCCN)C(=O)C(N)Cc1ccc(O)cc1)C(N)=O. The molecule has 212 valence electrons. The molecule has 39 heavy (non-hydrogen) atoms. The summed E-state index contributed by atoms with van der Waals surface area (Å²) in [5, 5.41) is 12.2. The summed E-state index contributed by atoms with van der Waals surface area (Å²) in [7, 11) is 0. The van der Waals surface area contributed by atoms with Crippen LogP contribution in [0.4, 0.5) is 0 Å². The van der Waals surface area contributed by atoms with Crippen LogP contribution in [0.2, 0.25) is 0 Å². The van der Waals surface area contributed by atoms with Crippen molar-refractivity contribution in [3.05, 3.63) is 65.7 Å². The molecule has 2 aromatic carbocycles. The van der Waals surface area contributed by atoms with Gasteiger partial charge < -0.3 is 27.6 Å². The molecule has 0 spiro atoms. The summed E-state index contributed by atoms with van der Waals surface area (Å²) in [6.45, 7) is 0.380. The number of hydrogen-bond acceptors (Lipinski definition) is 8. The molecule has 2 aromatic rings. The van der Waals surface area contributed by atoms with E-state index in [1.54, 1.807) is 36.4 Å². The number of nitrogens with zero attached hydrogens (tertiary/aromatic N) is 1. The molecule has 0 heterocycles. The van der Waals surface area contributed by atoms with Crippen molar-refractivity contribution in [3.8, 4) is 5.75 Å². The van der Waals surface area contributed by atoms with E-state index in [1.807, 2.05) is 12.3 Å². The Hall–Kier alpha value is -3.41. The highest BCUT2D eigenvalue weighted by Gasteiger charge is 2.38. The number of primary amides is 1. The van der Waals surface area contributed by atoms with Gasteiger partial charge in [0, 0.05) is 12.8 Å². The normalized spacial score (nSPS) is 13.2. The third-order valence-electron chi connectivity index (χ3n) is 6.22. The number of rotatable bonds is 16. The van der Waals surface area contributed by atoms with Gasteiger partial charge in [-0.1, -0.05) is 42.5 Å². The van der Waals surface area contributed by atoms with E-state index in [9.17, 15) is 24.3 Å². The van der Waals surface area contributed by atoms with Crippen molar-refractivity contribution >= 4 is 35.4 Å². The number of aromatic hydroxyl groups is 1. The molecule has 0 aliphatic heterocycles. The smallest absolute Gasteiger partial charge is 0.247 e. The Kier molecular flexibility index (Phi) is 13.5. The van der Waals surface area contributed by atoms with Crippen LogP contribution in [0, 0.1) is 0 Å². The van der Waals surface area contributed by atoms with E-state index in [2.05, 4.69) is 5.32 Å². The first-order valence-corrected chi connectivity index (χ1v) is 14.3. The molecular formula is C28H39N5O5S. The molecular weight excluding hydrogens is 518 g/mol. The van der Waals surface area contributed by atoms with Gasteiger partial charge in [-0.25, -0.2) is 0 Å². The Morgan fingerprint density at radius 2 is 1.62 bits per heavy atom. The summed E-state index contributed by atoms with van der Waals surface area (Å²) in [6.07, 6.45) is 3.29. The second-order valence-corrected chi connectivity index (χ2v) is 10.3. The van der Waals surface area contributed by atoms with Crippen molar-refractivity contribution in [2.75, 3.05) is 18.6 Å². The number of nitrogens with two attached hydrogens (primary N) is 3. The van der Waals surface area contributed by atoms with Gasteiger partial charge in [0.15, 0.2) is 0 Å². The lowest BCUT2D eigenvalue weighted by molar-refractivity contribution is -0.153. The van der Waals surface area contributed by atoms with Gasteiger partial charge in [-0.2, -0.15) is 11.8 Å². The second kappa shape index (κ2) is 16.5. The fourth-order valence-corrected chi connectivity index (χ4v) is 4.54. The fourth-order valence-electron chi connectivity index (χ4n) is 4.07. The molecule has 2 rings (SSSR count). The summed E-state index contributed by atoms with van der Waals surface area (Å²) in [6, 6.07) is 11.8. The Bertz CT molecular complexity index is 1080. The summed E-state index contributed by atoms with van der Waals surface area (Å²) < 4.78 is 0. The van der Waals surface area contributed by atoms with E-state index < -0.39 is 41.8 Å². The maximum Gasteiger partial charge on any atom is 0.247 e. The fraction of sp³-hybridized carbons (Fsp3) is 0.429. The number of imide groups is 1. The predicted octanol–water partition coefficient (Wildman–Crippen LogP) is 1.08. The molecule has 4 amide bonds. The van der Waals surface area contributed by atoms with Gasteiger partial charge in [0.25, 0.3) is 0 Å². The molecule has 3 atom stereocenters. The lowest BCUT2D eigenvalue weighted by Gasteiger charge is -2.32. The van der Waals surface area contributed by atoms with Crippen LogP contribution < -0.4 is 22.5 Å². The van der Waals surface area contributed by atoms with Crippen LogP contribution in [-0.4, -0.2) is 70.3 Å². The van der Waals surface area contributed by atoms with Gasteiger partial charge in [-0.3, -0.25) is 24.1 Å². The largest absolute Gasteiger partial charge is 0.508 e. The Balaban J connectivity index is 2.44. The third-order valence-corrected chi connectivity index (χ3v) is 6.86. The van der Waals surface area contributed by atoms with Gasteiger partial charge in [-0.15, -0.1) is 0 Å². The van der Waals surface area contributed by atoms with Crippen LogP contribution in [0.3, 0.4) is 0 Å². The number of nitrogens with one attached hydrogen (secondary N) is 1. The number of benzene rings is 2. The zero-order chi connectivity index (χ0) is 28.8. The summed E-state index contributed by atoms with van der Waals surface area (Å²) in [4.78, 5) is 53.9. The van der Waals surface area contributed by atoms with Crippen molar-refractivity contribution in [1.29, 1.82) is 0 Å². The highest BCUT2D eigenvalue weighted by Crippen LogP contribution is 2.17. The first kappa shape index (κ1) is 31.8. The van der Waals surface area contributed by atoms with E-state index in [0.29, 0.717) is 37.1 Å². The number of carbonyl (C=O) groups excluding carboxylic acids is 4. The summed E-state index contributed by atoms with van der Waals surface area (Å²) in [5.74, 6) is -1.98. The van der Waals surface area contributed by atoms with Crippen molar-refractivity contribution in [2.45, 2.75) is 56.7 Å². The second-order valence-electron chi connectivity index (χ2n) is 9.28. The molecule has 0 fully saturated rings. The van der Waals surface area contributed by atoms with E-state index in [0.717, 1.165) is 10.5 Å². The molecule has 0 saturated carbocycles. The van der Waals surface area contributed by atoms with Gasteiger partial charge in [0.1, 0.15) is 17.8 Å². The standard InChI is InChI=1S/C28H39N5O5S/c1-39-16-14-23(26(31)36)32-27(37)24(18-19-7-3-2-4-8-19)33(25(35)9-5-6-15-29)28(38)22(30)17-20-10-12-21(34)13-11-20/h2-4,7-8,10-13,22-24,34H,5-6,9,14-18,29-30H2,1H3,(H2,31,36)(H,32,37). The average molecular weight is 558 g/mol. The minimum Gasteiger partial charge on any atom is -0.508 e. The monoisotopic (exact) mass is 557 g/mol. The van der Waals surface area contributed by atoms with Crippen LogP contribution in [0.15, 0.2) is 54.6 Å². The molecule has 0 aliphatic rings. The number of phenols is 1. The maximum atomic E-state index is 13.7. The first-order valence-electron chi connectivity index (χ1n) is 12.9. The van der Waals surface area contributed by atoms with E-state index >= 15 is 0 Å². The summed E-state index contributed by atoms with van der Waals surface area (Å²) in [5.41, 5.74) is 18.8. The van der Waals surface area contributed by atoms with Crippen molar-refractivity contribution in [1.82, 2.24) is 10.2 Å². The molecule has 0 saturated heterocycles. The molecule has 3 unspecified atom stereocenters. The van der Waals surface area contributed by atoms with Crippen LogP contribution in [-0.2, 0) is 32.0 Å². The van der Waals surface area contributed by atoms with Crippen LogP contribution >= 0.6 is 11.8 Å². The zero-order valence-electron chi connectivity index (χ0n) is 22.3. The molecule has 10 nitrogen and oxygen atoms in total. The van der Waals surface area contributed by atoms with Gasteiger partial charge in [-0.05, 0) is 67.5 Å². The lowest BCUT2D eigenvalue weighted by atomic mass is 9.99. The lowest BCUT2D eigenvalue weighted by Crippen LogP contribution is -2.59. The number of unbranched alkanes of at least 4 members (excludes halogenated alkanes) is 1. The maximum absolute atomic E-state index is 13.7. The number of amides is 4. The Morgan fingerprint density at radius 1 is 0.974 bits per heavy atom. The van der Waals surface area contributed by atoms with Crippen molar-refractivity contribution in [3.63, 3.8) is 0 Å². The molecule has 0 aliphatic carbocycles. The van der Waals surface area contributed by atoms with Crippen LogP contribution in [0.25, 0.3) is 0 Å². The van der Waals surface area contributed by atoms with E-state index in [4.69, 9.17) is 17.2 Å². The predicted molar refractivity (Wildman–Crippen MR) is 153 cm³/mol. The van der Waals surface area contributed by atoms with E-state index in [1.165, 1.54) is 23.9 Å².